The molecule has 1 saturated carbocycles. The van der Waals surface area contributed by atoms with Crippen molar-refractivity contribution in [3.8, 4) is 0 Å². The van der Waals surface area contributed by atoms with Crippen LogP contribution in [-0.2, 0) is 6.54 Å². The van der Waals surface area contributed by atoms with E-state index in [0.29, 0.717) is 0 Å². The summed E-state index contributed by atoms with van der Waals surface area (Å²) in [6, 6.07) is 8.09. The molecule has 2 rings (SSSR count). The maximum absolute atomic E-state index is 5.84. The highest BCUT2D eigenvalue weighted by atomic mass is 35.5. The Kier molecular flexibility index (Phi) is 4.25. The van der Waals surface area contributed by atoms with Crippen LogP contribution in [0.15, 0.2) is 24.3 Å². The zero-order chi connectivity index (χ0) is 11.4. The van der Waals surface area contributed by atoms with Crippen molar-refractivity contribution < 1.29 is 0 Å². The normalized spacial score (nSPS) is 24.9. The van der Waals surface area contributed by atoms with E-state index in [0.717, 1.165) is 29.9 Å². The smallest absolute Gasteiger partial charge is 0.0406 e. The molecule has 2 atom stereocenters. The van der Waals surface area contributed by atoms with Crippen molar-refractivity contribution in [1.82, 2.24) is 5.32 Å². The number of nitrogens with one attached hydrogen (secondary N) is 1. The highest BCUT2D eigenvalue weighted by Gasteiger charge is 2.20. The van der Waals surface area contributed by atoms with Gasteiger partial charge in [0.2, 0.25) is 0 Å². The number of rotatable bonds is 4. The van der Waals surface area contributed by atoms with E-state index in [1.807, 2.05) is 12.1 Å². The van der Waals surface area contributed by atoms with Crippen LogP contribution in [0.4, 0.5) is 0 Å². The topological polar surface area (TPSA) is 12.0 Å². The van der Waals surface area contributed by atoms with E-state index in [2.05, 4.69) is 24.4 Å². The van der Waals surface area contributed by atoms with Crippen molar-refractivity contribution in [1.29, 1.82) is 0 Å². The van der Waals surface area contributed by atoms with Crippen molar-refractivity contribution in [2.24, 2.45) is 11.8 Å². The van der Waals surface area contributed by atoms with Gasteiger partial charge in [-0.05, 0) is 48.9 Å². The van der Waals surface area contributed by atoms with Crippen LogP contribution in [0, 0.1) is 11.8 Å². The first-order chi connectivity index (χ1) is 7.74. The summed E-state index contributed by atoms with van der Waals surface area (Å²) in [7, 11) is 0. The molecule has 0 radical (unpaired) electrons. The molecule has 0 spiro atoms. The van der Waals surface area contributed by atoms with Crippen LogP contribution in [0.5, 0.6) is 0 Å². The second-order valence-electron chi connectivity index (χ2n) is 5.04. The Bertz CT molecular complexity index is 320. The van der Waals surface area contributed by atoms with Crippen LogP contribution in [-0.4, -0.2) is 6.54 Å². The van der Waals surface area contributed by atoms with E-state index < -0.39 is 0 Å². The molecular weight excluding hydrogens is 218 g/mol. The predicted molar refractivity (Wildman–Crippen MR) is 69.7 cm³/mol. The quantitative estimate of drug-likeness (QED) is 0.839. The van der Waals surface area contributed by atoms with Crippen molar-refractivity contribution in [3.63, 3.8) is 0 Å². The zero-order valence-corrected chi connectivity index (χ0v) is 10.6. The molecule has 1 fully saturated rings. The van der Waals surface area contributed by atoms with Gasteiger partial charge in [-0.15, -0.1) is 0 Å². The van der Waals surface area contributed by atoms with Crippen LogP contribution < -0.4 is 5.32 Å². The Hall–Kier alpha value is -0.530. The fourth-order valence-corrected chi connectivity index (χ4v) is 2.66. The summed E-state index contributed by atoms with van der Waals surface area (Å²) in [6.45, 7) is 4.48. The average molecular weight is 238 g/mol. The van der Waals surface area contributed by atoms with Gasteiger partial charge in [-0.1, -0.05) is 37.1 Å². The Morgan fingerprint density at radius 3 is 2.62 bits per heavy atom. The van der Waals surface area contributed by atoms with E-state index in [1.165, 1.54) is 24.8 Å². The third kappa shape index (κ3) is 3.50. The van der Waals surface area contributed by atoms with Gasteiger partial charge in [0.1, 0.15) is 0 Å². The van der Waals surface area contributed by atoms with Crippen molar-refractivity contribution in [2.45, 2.75) is 32.7 Å². The highest BCUT2D eigenvalue weighted by molar-refractivity contribution is 6.30. The van der Waals surface area contributed by atoms with Gasteiger partial charge < -0.3 is 5.32 Å². The van der Waals surface area contributed by atoms with Crippen molar-refractivity contribution in [2.75, 3.05) is 6.54 Å². The molecule has 1 aliphatic carbocycles. The molecule has 1 aromatic rings. The van der Waals surface area contributed by atoms with E-state index >= 15 is 0 Å². The molecule has 88 valence electrons. The van der Waals surface area contributed by atoms with E-state index in [9.17, 15) is 0 Å². The monoisotopic (exact) mass is 237 g/mol. The van der Waals surface area contributed by atoms with Gasteiger partial charge in [0.05, 0.1) is 0 Å². The number of benzene rings is 1. The van der Waals surface area contributed by atoms with Gasteiger partial charge in [0, 0.05) is 11.6 Å². The first-order valence-corrected chi connectivity index (χ1v) is 6.57. The van der Waals surface area contributed by atoms with E-state index in [-0.39, 0.29) is 0 Å². The molecular formula is C14H20ClN. The Morgan fingerprint density at radius 2 is 2.00 bits per heavy atom. The number of hydrogen-bond donors (Lipinski definition) is 1. The SMILES string of the molecule is CC1CCC(CNCc2ccc(Cl)cc2)C1. The lowest BCUT2D eigenvalue weighted by Crippen LogP contribution is -2.20. The van der Waals surface area contributed by atoms with Gasteiger partial charge in [-0.3, -0.25) is 0 Å². The summed E-state index contributed by atoms with van der Waals surface area (Å²) >= 11 is 5.84. The molecule has 2 unspecified atom stereocenters. The summed E-state index contributed by atoms with van der Waals surface area (Å²) < 4.78 is 0. The fourth-order valence-electron chi connectivity index (χ4n) is 2.53. The summed E-state index contributed by atoms with van der Waals surface area (Å²) in [6.07, 6.45) is 4.20. The van der Waals surface area contributed by atoms with Crippen molar-refractivity contribution in [3.05, 3.63) is 34.9 Å². The first-order valence-electron chi connectivity index (χ1n) is 6.19. The third-order valence-corrected chi connectivity index (χ3v) is 3.73. The molecule has 0 heterocycles. The third-order valence-electron chi connectivity index (χ3n) is 3.48. The van der Waals surface area contributed by atoms with E-state index in [4.69, 9.17) is 11.6 Å². The molecule has 0 aromatic heterocycles. The van der Waals surface area contributed by atoms with Gasteiger partial charge in [0.15, 0.2) is 0 Å². The van der Waals surface area contributed by atoms with Gasteiger partial charge in [-0.25, -0.2) is 0 Å². The van der Waals surface area contributed by atoms with Gasteiger partial charge in [0.25, 0.3) is 0 Å². The molecule has 0 amide bonds. The molecule has 0 saturated heterocycles. The summed E-state index contributed by atoms with van der Waals surface area (Å²) in [5, 5.41) is 4.35. The standard InChI is InChI=1S/C14H20ClN/c1-11-2-3-13(8-11)10-16-9-12-4-6-14(15)7-5-12/h4-7,11,13,16H,2-3,8-10H2,1H3. The highest BCUT2D eigenvalue weighted by Crippen LogP contribution is 2.29. The Balaban J connectivity index is 1.70. The van der Waals surface area contributed by atoms with Crippen LogP contribution in [0.25, 0.3) is 0 Å². The summed E-state index contributed by atoms with van der Waals surface area (Å²) in [5.74, 6) is 1.82. The maximum atomic E-state index is 5.84. The molecule has 1 aromatic carbocycles. The van der Waals surface area contributed by atoms with Crippen LogP contribution in [0.3, 0.4) is 0 Å². The predicted octanol–water partition coefficient (Wildman–Crippen LogP) is 3.87. The molecule has 0 aliphatic heterocycles. The minimum Gasteiger partial charge on any atom is -0.312 e. The second-order valence-corrected chi connectivity index (χ2v) is 5.48. The minimum absolute atomic E-state index is 0.813. The average Bonchev–Trinajstić information content (AvgIpc) is 2.67. The maximum Gasteiger partial charge on any atom is 0.0406 e. The molecule has 1 nitrogen and oxygen atoms in total. The number of hydrogen-bond acceptors (Lipinski definition) is 1. The summed E-state index contributed by atoms with van der Waals surface area (Å²) in [5.41, 5.74) is 1.32. The molecule has 16 heavy (non-hydrogen) atoms. The molecule has 1 aliphatic rings. The molecule has 0 bridgehead atoms. The molecule has 1 N–H and O–H groups in total. The van der Waals surface area contributed by atoms with Crippen LogP contribution in [0.2, 0.25) is 5.02 Å². The molecule has 2 heteroatoms. The summed E-state index contributed by atoms with van der Waals surface area (Å²) in [4.78, 5) is 0. The lowest BCUT2D eigenvalue weighted by molar-refractivity contribution is 0.470. The van der Waals surface area contributed by atoms with Crippen molar-refractivity contribution >= 4 is 11.6 Å². The lowest BCUT2D eigenvalue weighted by atomic mass is 10.1. The Morgan fingerprint density at radius 1 is 1.25 bits per heavy atom. The van der Waals surface area contributed by atoms with E-state index in [1.54, 1.807) is 0 Å². The fraction of sp³-hybridized carbons (Fsp3) is 0.571. The second kappa shape index (κ2) is 5.70. The van der Waals surface area contributed by atoms with Crippen LogP contribution >= 0.6 is 11.6 Å². The Labute approximate surface area is 103 Å². The zero-order valence-electron chi connectivity index (χ0n) is 9.88. The number of halogens is 1. The lowest BCUT2D eigenvalue weighted by Gasteiger charge is -2.11. The van der Waals surface area contributed by atoms with Gasteiger partial charge in [-0.2, -0.15) is 0 Å². The minimum atomic E-state index is 0.813. The largest absolute Gasteiger partial charge is 0.312 e. The van der Waals surface area contributed by atoms with Crippen LogP contribution in [0.1, 0.15) is 31.7 Å². The van der Waals surface area contributed by atoms with Gasteiger partial charge >= 0.3 is 0 Å². The first kappa shape index (κ1) is 11.9.